The molecule has 7 heterocycles. The van der Waals surface area contributed by atoms with Crippen LogP contribution in [-0.2, 0) is 0 Å². The minimum atomic E-state index is 0.250. The monoisotopic (exact) mass is 488 g/mol. The maximum absolute atomic E-state index is 6.20. The molecule has 0 bridgehead atoms. The lowest BCUT2D eigenvalue weighted by molar-refractivity contribution is 0.0719. The smallest absolute Gasteiger partial charge is 0.259 e. The van der Waals surface area contributed by atoms with Crippen LogP contribution in [0.3, 0.4) is 0 Å². The number of piperazine rings is 1. The van der Waals surface area contributed by atoms with Gasteiger partial charge >= 0.3 is 0 Å². The van der Waals surface area contributed by atoms with E-state index < -0.39 is 0 Å². The van der Waals surface area contributed by atoms with Gasteiger partial charge in [0.25, 0.3) is 5.78 Å². The molecule has 0 aromatic carbocycles. The molecule has 14 nitrogen and oxygen atoms in total. The lowest BCUT2D eigenvalue weighted by Gasteiger charge is -2.46. The van der Waals surface area contributed by atoms with Gasteiger partial charge in [-0.1, -0.05) is 0 Å². The number of ether oxygens (including phenoxy) is 1. The van der Waals surface area contributed by atoms with Crippen molar-refractivity contribution in [3.05, 3.63) is 30.9 Å². The first kappa shape index (κ1) is 21.0. The first-order valence-corrected chi connectivity index (χ1v) is 11.9. The highest BCUT2D eigenvalue weighted by Gasteiger charge is 2.34. The number of hydrogen-bond acceptors (Lipinski definition) is 12. The Morgan fingerprint density at radius 3 is 3.03 bits per heavy atom. The van der Waals surface area contributed by atoms with Crippen LogP contribution in [0.4, 0.5) is 11.9 Å². The topological polar surface area (TPSA) is 165 Å². The van der Waals surface area contributed by atoms with E-state index in [-0.39, 0.29) is 5.95 Å². The van der Waals surface area contributed by atoms with E-state index in [4.69, 9.17) is 14.9 Å². The van der Waals surface area contributed by atoms with Crippen LogP contribution in [0, 0.1) is 5.92 Å². The summed E-state index contributed by atoms with van der Waals surface area (Å²) in [7, 11) is 0. The van der Waals surface area contributed by atoms with Crippen LogP contribution in [0.15, 0.2) is 35.3 Å². The number of fused-ring (bicyclic) bond motifs is 3. The van der Waals surface area contributed by atoms with E-state index in [2.05, 4.69) is 50.0 Å². The number of piperidine rings is 1. The van der Waals surface area contributed by atoms with E-state index >= 15 is 0 Å². The molecule has 0 aliphatic carbocycles. The molecular weight excluding hydrogens is 464 g/mol. The summed E-state index contributed by atoms with van der Waals surface area (Å²) in [6, 6.07) is 4.01. The van der Waals surface area contributed by atoms with Crippen molar-refractivity contribution in [3.8, 4) is 17.5 Å². The molecule has 0 spiro atoms. The van der Waals surface area contributed by atoms with Crippen molar-refractivity contribution in [2.24, 2.45) is 5.92 Å². The number of furan rings is 1. The molecule has 2 saturated heterocycles. The molecule has 2 atom stereocenters. The summed E-state index contributed by atoms with van der Waals surface area (Å²) >= 11 is 0. The third-order valence-electron chi connectivity index (χ3n) is 6.91. The molecular formula is C22H24N12O2. The van der Waals surface area contributed by atoms with Crippen LogP contribution in [0.5, 0.6) is 5.88 Å². The fraction of sp³-hybridized carbons (Fsp3) is 0.409. The average Bonchev–Trinajstić information content (AvgIpc) is 3.67. The Balaban J connectivity index is 1.01. The Morgan fingerprint density at radius 2 is 2.11 bits per heavy atom. The highest BCUT2D eigenvalue weighted by molar-refractivity contribution is 5.77. The Kier molecular flexibility index (Phi) is 4.90. The quantitative estimate of drug-likeness (QED) is 0.361. The summed E-state index contributed by atoms with van der Waals surface area (Å²) < 4.78 is 12.9. The highest BCUT2D eigenvalue weighted by atomic mass is 16.5. The zero-order chi connectivity index (χ0) is 24.1. The van der Waals surface area contributed by atoms with Gasteiger partial charge in [0.1, 0.15) is 17.4 Å². The molecule has 2 aliphatic heterocycles. The Bertz CT molecular complexity index is 1510. The maximum Gasteiger partial charge on any atom is 0.259 e. The molecule has 0 saturated carbocycles. The number of aromatic nitrogens is 9. The Hall–Kier alpha value is -4.33. The largest absolute Gasteiger partial charge is 0.476 e. The van der Waals surface area contributed by atoms with Crippen LogP contribution in [0.1, 0.15) is 12.8 Å². The molecule has 36 heavy (non-hydrogen) atoms. The van der Waals surface area contributed by atoms with Crippen molar-refractivity contribution in [2.45, 2.75) is 18.9 Å². The van der Waals surface area contributed by atoms with Crippen LogP contribution in [0.2, 0.25) is 0 Å². The van der Waals surface area contributed by atoms with E-state index in [1.165, 1.54) is 10.8 Å². The van der Waals surface area contributed by atoms with E-state index in [0.29, 0.717) is 47.8 Å². The molecule has 2 fully saturated rings. The first-order valence-electron chi connectivity index (χ1n) is 11.9. The number of nitrogens with one attached hydrogen (secondary N) is 1. The number of aromatic amines is 1. The molecule has 2 aliphatic rings. The molecule has 0 amide bonds. The van der Waals surface area contributed by atoms with E-state index in [0.717, 1.165) is 50.1 Å². The van der Waals surface area contributed by atoms with Crippen molar-refractivity contribution in [1.82, 2.24) is 49.6 Å². The molecule has 3 N–H and O–H groups in total. The van der Waals surface area contributed by atoms with Gasteiger partial charge in [-0.3, -0.25) is 10.00 Å². The Morgan fingerprint density at radius 1 is 1.14 bits per heavy atom. The summed E-state index contributed by atoms with van der Waals surface area (Å²) in [6.07, 6.45) is 6.90. The SMILES string of the molecule is Nc1nc(N2CCN3C[C@@H](COc4ncnc5cn[nH]c45)CC[C@H]3C2)nc2nc(-c3ccco3)nn12. The molecule has 0 radical (unpaired) electrons. The van der Waals surface area contributed by atoms with E-state index in [1.54, 1.807) is 24.6 Å². The lowest BCUT2D eigenvalue weighted by Crippen LogP contribution is -2.57. The minimum Gasteiger partial charge on any atom is -0.476 e. The summed E-state index contributed by atoms with van der Waals surface area (Å²) in [5, 5.41) is 11.3. The molecule has 5 aromatic rings. The van der Waals surface area contributed by atoms with Gasteiger partial charge in [-0.2, -0.15) is 29.5 Å². The number of nitrogen functional groups attached to an aromatic ring is 1. The van der Waals surface area contributed by atoms with Gasteiger partial charge in [-0.25, -0.2) is 4.98 Å². The van der Waals surface area contributed by atoms with Crippen LogP contribution >= 0.6 is 0 Å². The number of H-pyrrole nitrogens is 1. The number of anilines is 2. The van der Waals surface area contributed by atoms with Crippen LogP contribution < -0.4 is 15.4 Å². The fourth-order valence-electron chi connectivity index (χ4n) is 5.07. The third-order valence-corrected chi connectivity index (χ3v) is 6.91. The van der Waals surface area contributed by atoms with Crippen molar-refractivity contribution in [3.63, 3.8) is 0 Å². The maximum atomic E-state index is 6.20. The molecule has 14 heteroatoms. The average molecular weight is 489 g/mol. The molecule has 184 valence electrons. The van der Waals surface area contributed by atoms with Crippen LogP contribution in [0.25, 0.3) is 28.4 Å². The normalized spacial score (nSPS) is 20.7. The van der Waals surface area contributed by atoms with Crippen molar-refractivity contribution in [2.75, 3.05) is 43.4 Å². The van der Waals surface area contributed by atoms with Gasteiger partial charge in [0.2, 0.25) is 23.6 Å². The summed E-state index contributed by atoms with van der Waals surface area (Å²) in [5.74, 6) is 3.21. The van der Waals surface area contributed by atoms with Gasteiger partial charge in [0, 0.05) is 38.1 Å². The summed E-state index contributed by atoms with van der Waals surface area (Å²) in [5.41, 5.74) is 7.69. The third kappa shape index (κ3) is 3.66. The highest BCUT2D eigenvalue weighted by Crippen LogP contribution is 2.28. The van der Waals surface area contributed by atoms with Crippen LogP contribution in [-0.4, -0.2) is 88.5 Å². The van der Waals surface area contributed by atoms with Gasteiger partial charge in [0.05, 0.1) is 19.1 Å². The second kappa shape index (κ2) is 8.41. The molecule has 7 rings (SSSR count). The van der Waals surface area contributed by atoms with E-state index in [9.17, 15) is 0 Å². The zero-order valence-corrected chi connectivity index (χ0v) is 19.4. The summed E-state index contributed by atoms with van der Waals surface area (Å²) in [6.45, 7) is 4.15. The minimum absolute atomic E-state index is 0.250. The molecule has 0 unspecified atom stereocenters. The second-order valence-electron chi connectivity index (χ2n) is 9.16. The van der Waals surface area contributed by atoms with Gasteiger partial charge in [-0.15, -0.1) is 5.10 Å². The van der Waals surface area contributed by atoms with Crippen molar-refractivity contribution in [1.29, 1.82) is 0 Å². The second-order valence-corrected chi connectivity index (χ2v) is 9.16. The number of hydrogen-bond donors (Lipinski definition) is 2. The lowest BCUT2D eigenvalue weighted by atomic mass is 9.91. The fourth-order valence-corrected chi connectivity index (χ4v) is 5.07. The van der Waals surface area contributed by atoms with Gasteiger partial charge in [-0.05, 0) is 25.0 Å². The zero-order valence-electron chi connectivity index (χ0n) is 19.4. The number of rotatable bonds is 5. The first-order chi connectivity index (χ1) is 17.7. The number of nitrogens with two attached hydrogens (primary N) is 1. The molecule has 5 aromatic heterocycles. The number of nitrogens with zero attached hydrogens (tertiary/aromatic N) is 10. The van der Waals surface area contributed by atoms with Crippen molar-refractivity contribution < 1.29 is 9.15 Å². The standard InChI is InChI=1S/C22H24N12O2/c23-20-28-21(29-22-27-18(31-34(20)22)16-2-1-7-35-16)33-6-5-32-9-13(3-4-14(32)10-33)11-36-19-17-15(8-26-30-17)24-12-25-19/h1-2,7-8,12-14H,3-6,9-11H2,(H,26,30)(H2,23,27,28,29,31)/t13-,14-/m0/s1. The van der Waals surface area contributed by atoms with E-state index in [1.807, 2.05) is 0 Å². The predicted octanol–water partition coefficient (Wildman–Crippen LogP) is 1.01. The summed E-state index contributed by atoms with van der Waals surface area (Å²) in [4.78, 5) is 26.8. The van der Waals surface area contributed by atoms with Gasteiger partial charge < -0.3 is 19.8 Å². The predicted molar refractivity (Wildman–Crippen MR) is 128 cm³/mol. The van der Waals surface area contributed by atoms with Gasteiger partial charge in [0.15, 0.2) is 5.76 Å². The Labute approximate surface area is 204 Å². The van der Waals surface area contributed by atoms with Crippen molar-refractivity contribution >= 4 is 28.7 Å².